The Labute approximate surface area is 147 Å². The van der Waals surface area contributed by atoms with Crippen LogP contribution in [0.4, 0.5) is 10.1 Å². The molecule has 0 atom stereocenters. The number of rotatable bonds is 3. The van der Waals surface area contributed by atoms with Crippen molar-refractivity contribution in [2.24, 2.45) is 7.05 Å². The van der Waals surface area contributed by atoms with E-state index in [1.807, 2.05) is 25.1 Å². The van der Waals surface area contributed by atoms with Crippen LogP contribution in [0.25, 0.3) is 11.3 Å². The van der Waals surface area contributed by atoms with Gasteiger partial charge in [-0.1, -0.05) is 6.07 Å². The van der Waals surface area contributed by atoms with Crippen LogP contribution in [0.15, 0.2) is 53.0 Å². The maximum Gasteiger partial charge on any atom is 0.276 e. The molecule has 122 valence electrons. The summed E-state index contributed by atoms with van der Waals surface area (Å²) in [5.74, 6) is -0.605. The molecule has 0 unspecified atom stereocenters. The number of aromatic nitrogens is 2. The second-order valence-corrected chi connectivity index (χ2v) is 6.34. The minimum absolute atomic E-state index is 0.296. The Balaban J connectivity index is 1.86. The maximum atomic E-state index is 13.1. The number of hydrogen-bond acceptors (Lipinski definition) is 2. The van der Waals surface area contributed by atoms with E-state index >= 15 is 0 Å². The molecule has 6 heteroatoms. The quantitative estimate of drug-likeness (QED) is 0.716. The van der Waals surface area contributed by atoms with Crippen LogP contribution >= 0.6 is 15.9 Å². The van der Waals surface area contributed by atoms with Crippen LogP contribution in [0, 0.1) is 12.7 Å². The van der Waals surface area contributed by atoms with Crippen LogP contribution in [0.3, 0.4) is 0 Å². The Morgan fingerprint density at radius 1 is 1.17 bits per heavy atom. The second kappa shape index (κ2) is 6.57. The molecule has 0 aliphatic rings. The Hall–Kier alpha value is -2.47. The molecule has 1 aromatic heterocycles. The summed E-state index contributed by atoms with van der Waals surface area (Å²) >= 11 is 3.44. The fraction of sp³-hybridized carbons (Fsp3) is 0.111. The molecule has 0 bridgehead atoms. The molecule has 1 heterocycles. The molecule has 3 rings (SSSR count). The highest BCUT2D eigenvalue weighted by atomic mass is 79.9. The van der Waals surface area contributed by atoms with Gasteiger partial charge in [-0.2, -0.15) is 5.10 Å². The van der Waals surface area contributed by atoms with Crippen LogP contribution in [-0.4, -0.2) is 15.7 Å². The molecular formula is C18H15BrFN3O. The van der Waals surface area contributed by atoms with Crippen molar-refractivity contribution in [2.45, 2.75) is 6.92 Å². The van der Waals surface area contributed by atoms with Crippen molar-refractivity contribution in [2.75, 3.05) is 5.32 Å². The molecule has 0 spiro atoms. The van der Waals surface area contributed by atoms with E-state index in [4.69, 9.17) is 0 Å². The Bertz CT molecular complexity index is 903. The van der Waals surface area contributed by atoms with Crippen LogP contribution in [0.2, 0.25) is 0 Å². The van der Waals surface area contributed by atoms with Crippen LogP contribution in [-0.2, 0) is 7.05 Å². The van der Waals surface area contributed by atoms with Crippen molar-refractivity contribution in [3.63, 3.8) is 0 Å². The molecule has 0 aliphatic carbocycles. The number of anilines is 1. The molecule has 3 aromatic rings. The fourth-order valence-corrected chi connectivity index (χ4v) is 2.97. The molecule has 1 N–H and O–H groups in total. The van der Waals surface area contributed by atoms with Gasteiger partial charge in [-0.3, -0.25) is 9.48 Å². The van der Waals surface area contributed by atoms with E-state index in [-0.39, 0.29) is 11.7 Å². The van der Waals surface area contributed by atoms with Crippen molar-refractivity contribution >= 4 is 27.5 Å². The van der Waals surface area contributed by atoms with Crippen molar-refractivity contribution in [3.8, 4) is 11.3 Å². The highest BCUT2D eigenvalue weighted by Crippen LogP contribution is 2.25. The number of carbonyl (C=O) groups is 1. The number of aryl methyl sites for hydroxylation is 2. The predicted octanol–water partition coefficient (Wildman–Crippen LogP) is 4.55. The molecule has 24 heavy (non-hydrogen) atoms. The first kappa shape index (κ1) is 16.4. The lowest BCUT2D eigenvalue weighted by Crippen LogP contribution is -2.13. The van der Waals surface area contributed by atoms with Crippen molar-refractivity contribution in [1.29, 1.82) is 0 Å². The first-order valence-electron chi connectivity index (χ1n) is 7.31. The fourth-order valence-electron chi connectivity index (χ4n) is 2.38. The van der Waals surface area contributed by atoms with Crippen LogP contribution in [0.5, 0.6) is 0 Å². The number of halogens is 2. The van der Waals surface area contributed by atoms with Crippen molar-refractivity contribution < 1.29 is 9.18 Å². The van der Waals surface area contributed by atoms with E-state index in [1.165, 1.54) is 12.1 Å². The lowest BCUT2D eigenvalue weighted by molar-refractivity contribution is 0.102. The summed E-state index contributed by atoms with van der Waals surface area (Å²) in [6.45, 7) is 1.98. The number of benzene rings is 2. The summed E-state index contributed by atoms with van der Waals surface area (Å²) in [6, 6.07) is 13.4. The normalized spacial score (nSPS) is 10.7. The third-order valence-electron chi connectivity index (χ3n) is 3.63. The highest BCUT2D eigenvalue weighted by Gasteiger charge is 2.15. The van der Waals surface area contributed by atoms with Gasteiger partial charge in [-0.05, 0) is 76.4 Å². The zero-order valence-corrected chi connectivity index (χ0v) is 14.8. The molecule has 0 aliphatic heterocycles. The van der Waals surface area contributed by atoms with E-state index in [9.17, 15) is 9.18 Å². The summed E-state index contributed by atoms with van der Waals surface area (Å²) in [7, 11) is 1.75. The average Bonchev–Trinajstić information content (AvgIpc) is 2.93. The van der Waals surface area contributed by atoms with E-state index in [2.05, 4.69) is 26.3 Å². The van der Waals surface area contributed by atoms with E-state index in [0.717, 1.165) is 21.3 Å². The first-order chi connectivity index (χ1) is 11.4. The highest BCUT2D eigenvalue weighted by molar-refractivity contribution is 9.10. The summed E-state index contributed by atoms with van der Waals surface area (Å²) in [5.41, 5.74) is 3.60. The zero-order chi connectivity index (χ0) is 17.3. The largest absolute Gasteiger partial charge is 0.320 e. The van der Waals surface area contributed by atoms with Gasteiger partial charge in [-0.15, -0.1) is 0 Å². The van der Waals surface area contributed by atoms with Gasteiger partial charge in [0.2, 0.25) is 0 Å². The summed E-state index contributed by atoms with van der Waals surface area (Å²) in [5, 5.41) is 7.08. The summed E-state index contributed by atoms with van der Waals surface area (Å²) in [4.78, 5) is 12.4. The third-order valence-corrected chi connectivity index (χ3v) is 4.28. The Morgan fingerprint density at radius 3 is 2.54 bits per heavy atom. The van der Waals surface area contributed by atoms with Gasteiger partial charge in [0, 0.05) is 11.5 Å². The SMILES string of the molecule is Cc1ccc(NC(=O)c2cc(-c3ccc(F)cc3)n(C)n2)c(Br)c1. The molecular weight excluding hydrogens is 373 g/mol. The average molecular weight is 388 g/mol. The first-order valence-corrected chi connectivity index (χ1v) is 8.11. The smallest absolute Gasteiger partial charge is 0.276 e. The summed E-state index contributed by atoms with van der Waals surface area (Å²) in [6.07, 6.45) is 0. The Kier molecular flexibility index (Phi) is 4.49. The van der Waals surface area contributed by atoms with Gasteiger partial charge in [0.25, 0.3) is 5.91 Å². The van der Waals surface area contributed by atoms with Gasteiger partial charge in [-0.25, -0.2) is 4.39 Å². The third kappa shape index (κ3) is 3.38. The molecule has 4 nitrogen and oxygen atoms in total. The van der Waals surface area contributed by atoms with E-state index in [1.54, 1.807) is 29.9 Å². The van der Waals surface area contributed by atoms with Gasteiger partial charge >= 0.3 is 0 Å². The summed E-state index contributed by atoms with van der Waals surface area (Å²) < 4.78 is 15.5. The number of carbonyl (C=O) groups excluding carboxylic acids is 1. The van der Waals surface area contributed by atoms with Gasteiger partial charge in [0.1, 0.15) is 5.82 Å². The maximum absolute atomic E-state index is 13.1. The predicted molar refractivity (Wildman–Crippen MR) is 95.4 cm³/mol. The van der Waals surface area contributed by atoms with E-state index in [0.29, 0.717) is 11.4 Å². The van der Waals surface area contributed by atoms with E-state index < -0.39 is 0 Å². The monoisotopic (exact) mass is 387 g/mol. The van der Waals surface area contributed by atoms with Gasteiger partial charge in [0.05, 0.1) is 11.4 Å². The molecule has 2 aromatic carbocycles. The molecule has 0 saturated heterocycles. The number of nitrogens with one attached hydrogen (secondary N) is 1. The van der Waals surface area contributed by atoms with Gasteiger partial charge in [0.15, 0.2) is 5.69 Å². The zero-order valence-electron chi connectivity index (χ0n) is 13.2. The molecule has 0 saturated carbocycles. The lowest BCUT2D eigenvalue weighted by Gasteiger charge is -2.06. The molecule has 0 radical (unpaired) electrons. The van der Waals surface area contributed by atoms with Gasteiger partial charge < -0.3 is 5.32 Å². The van der Waals surface area contributed by atoms with Crippen molar-refractivity contribution in [3.05, 3.63) is 70.1 Å². The Morgan fingerprint density at radius 2 is 1.88 bits per heavy atom. The molecule has 0 fully saturated rings. The second-order valence-electron chi connectivity index (χ2n) is 5.48. The molecule has 1 amide bonds. The van der Waals surface area contributed by atoms with Crippen LogP contribution < -0.4 is 5.32 Å². The minimum Gasteiger partial charge on any atom is -0.320 e. The lowest BCUT2D eigenvalue weighted by atomic mass is 10.1. The number of amides is 1. The minimum atomic E-state index is -0.303. The number of nitrogens with zero attached hydrogens (tertiary/aromatic N) is 2. The topological polar surface area (TPSA) is 46.9 Å². The van der Waals surface area contributed by atoms with Crippen molar-refractivity contribution in [1.82, 2.24) is 9.78 Å². The van der Waals surface area contributed by atoms with Crippen LogP contribution in [0.1, 0.15) is 16.1 Å². The standard InChI is InChI=1S/C18H15BrFN3O/c1-11-3-8-15(14(19)9-11)21-18(24)16-10-17(23(2)22-16)12-4-6-13(20)7-5-12/h3-10H,1-2H3,(H,21,24). The number of hydrogen-bond donors (Lipinski definition) is 1.